The van der Waals surface area contributed by atoms with Crippen LogP contribution in [0.1, 0.15) is 53.4 Å². The summed E-state index contributed by atoms with van der Waals surface area (Å²) in [6, 6.07) is 2.32. The van der Waals surface area contributed by atoms with Gasteiger partial charge in [0.1, 0.15) is 0 Å². The smallest absolute Gasteiger partial charge is 0.0655 e. The molecule has 0 amide bonds. The van der Waals surface area contributed by atoms with E-state index in [2.05, 4.69) is 37.5 Å². The number of hydrogen-bond donors (Lipinski definition) is 0. The third kappa shape index (κ3) is 2.32. The third-order valence-corrected chi connectivity index (χ3v) is 6.20. The van der Waals surface area contributed by atoms with Gasteiger partial charge < -0.3 is 4.74 Å². The molecule has 1 saturated carbocycles. The SMILES string of the molecule is CCOC1CC(N2CC3CCCN3CC2CC)C1(C)C. The van der Waals surface area contributed by atoms with E-state index in [4.69, 9.17) is 4.74 Å². The lowest BCUT2D eigenvalue weighted by Crippen LogP contribution is -2.68. The summed E-state index contributed by atoms with van der Waals surface area (Å²) in [5, 5.41) is 0. The van der Waals surface area contributed by atoms with Crippen LogP contribution in [0.25, 0.3) is 0 Å². The lowest BCUT2D eigenvalue weighted by atomic mass is 9.63. The van der Waals surface area contributed by atoms with Crippen molar-refractivity contribution in [1.82, 2.24) is 9.80 Å². The van der Waals surface area contributed by atoms with Gasteiger partial charge in [-0.1, -0.05) is 20.8 Å². The van der Waals surface area contributed by atoms with Crippen LogP contribution in [0, 0.1) is 5.41 Å². The highest BCUT2D eigenvalue weighted by molar-refractivity contribution is 5.07. The van der Waals surface area contributed by atoms with E-state index in [1.165, 1.54) is 45.3 Å². The van der Waals surface area contributed by atoms with E-state index in [1.807, 2.05) is 0 Å². The molecule has 2 heterocycles. The minimum absolute atomic E-state index is 0.324. The second-order valence-corrected chi connectivity index (χ2v) is 7.57. The Bertz CT molecular complexity index is 344. The molecular formula is C17H32N2O. The normalized spacial score (nSPS) is 41.4. The van der Waals surface area contributed by atoms with Crippen molar-refractivity contribution in [2.75, 3.05) is 26.2 Å². The molecule has 0 N–H and O–H groups in total. The van der Waals surface area contributed by atoms with Gasteiger partial charge in [-0.25, -0.2) is 0 Å². The Hall–Kier alpha value is -0.120. The van der Waals surface area contributed by atoms with Crippen molar-refractivity contribution in [3.05, 3.63) is 0 Å². The van der Waals surface area contributed by atoms with Crippen LogP contribution < -0.4 is 0 Å². The number of nitrogens with zero attached hydrogens (tertiary/aromatic N) is 2. The highest BCUT2D eigenvalue weighted by atomic mass is 16.5. The number of ether oxygens (including phenoxy) is 1. The Morgan fingerprint density at radius 2 is 2.00 bits per heavy atom. The minimum Gasteiger partial charge on any atom is -0.378 e. The molecular weight excluding hydrogens is 248 g/mol. The second kappa shape index (κ2) is 5.58. The molecule has 0 spiro atoms. The average molecular weight is 280 g/mol. The Balaban J connectivity index is 1.69. The van der Waals surface area contributed by atoms with Crippen LogP contribution in [0.2, 0.25) is 0 Å². The van der Waals surface area contributed by atoms with Crippen LogP contribution in [-0.2, 0) is 4.74 Å². The zero-order valence-electron chi connectivity index (χ0n) is 13.8. The lowest BCUT2D eigenvalue weighted by Gasteiger charge is -2.60. The van der Waals surface area contributed by atoms with E-state index in [9.17, 15) is 0 Å². The zero-order valence-corrected chi connectivity index (χ0v) is 13.8. The molecule has 3 rings (SSSR count). The van der Waals surface area contributed by atoms with Gasteiger partial charge in [-0.05, 0) is 39.2 Å². The van der Waals surface area contributed by atoms with Gasteiger partial charge in [0.25, 0.3) is 0 Å². The first-order valence-corrected chi connectivity index (χ1v) is 8.69. The third-order valence-electron chi connectivity index (χ3n) is 6.20. The molecule has 0 aromatic carbocycles. The van der Waals surface area contributed by atoms with E-state index < -0.39 is 0 Å². The number of piperazine rings is 1. The van der Waals surface area contributed by atoms with Gasteiger partial charge in [-0.15, -0.1) is 0 Å². The fraction of sp³-hybridized carbons (Fsp3) is 1.00. The number of rotatable bonds is 4. The van der Waals surface area contributed by atoms with E-state index in [0.717, 1.165) is 24.7 Å². The first-order chi connectivity index (χ1) is 9.57. The second-order valence-electron chi connectivity index (χ2n) is 7.57. The number of fused-ring (bicyclic) bond motifs is 1. The van der Waals surface area contributed by atoms with Crippen LogP contribution >= 0.6 is 0 Å². The van der Waals surface area contributed by atoms with Crippen molar-refractivity contribution in [3.63, 3.8) is 0 Å². The van der Waals surface area contributed by atoms with Gasteiger partial charge in [0, 0.05) is 43.2 Å². The molecule has 4 unspecified atom stereocenters. The number of hydrogen-bond acceptors (Lipinski definition) is 3. The first kappa shape index (κ1) is 14.8. The highest BCUT2D eigenvalue weighted by Gasteiger charge is 2.54. The van der Waals surface area contributed by atoms with E-state index in [0.29, 0.717) is 11.5 Å². The van der Waals surface area contributed by atoms with Crippen molar-refractivity contribution in [1.29, 1.82) is 0 Å². The molecule has 20 heavy (non-hydrogen) atoms. The van der Waals surface area contributed by atoms with Crippen LogP contribution in [0.5, 0.6) is 0 Å². The predicted octanol–water partition coefficient (Wildman–Crippen LogP) is 2.75. The standard InChI is InChI=1S/C17H32N2O/c1-5-13-11-18-9-7-8-14(18)12-19(13)15-10-16(20-6-2)17(15,3)4/h13-16H,5-12H2,1-4H3. The van der Waals surface area contributed by atoms with Gasteiger partial charge >= 0.3 is 0 Å². The zero-order chi connectivity index (χ0) is 14.3. The van der Waals surface area contributed by atoms with Crippen LogP contribution in [0.4, 0.5) is 0 Å². The molecule has 2 aliphatic heterocycles. The molecule has 4 atom stereocenters. The van der Waals surface area contributed by atoms with E-state index >= 15 is 0 Å². The highest BCUT2D eigenvalue weighted by Crippen LogP contribution is 2.47. The average Bonchev–Trinajstić information content (AvgIpc) is 2.88. The van der Waals surface area contributed by atoms with Crippen molar-refractivity contribution in [3.8, 4) is 0 Å². The largest absolute Gasteiger partial charge is 0.378 e. The Morgan fingerprint density at radius 3 is 2.65 bits per heavy atom. The molecule has 3 fully saturated rings. The predicted molar refractivity (Wildman–Crippen MR) is 83.0 cm³/mol. The summed E-state index contributed by atoms with van der Waals surface area (Å²) in [5.74, 6) is 0. The lowest BCUT2D eigenvalue weighted by molar-refractivity contribution is -0.169. The summed E-state index contributed by atoms with van der Waals surface area (Å²) >= 11 is 0. The molecule has 0 aromatic rings. The first-order valence-electron chi connectivity index (χ1n) is 8.69. The maximum atomic E-state index is 5.93. The van der Waals surface area contributed by atoms with E-state index in [-0.39, 0.29) is 0 Å². The summed E-state index contributed by atoms with van der Waals surface area (Å²) in [5.41, 5.74) is 0.324. The Labute approximate surface area is 124 Å². The van der Waals surface area contributed by atoms with Gasteiger partial charge in [0.15, 0.2) is 0 Å². The van der Waals surface area contributed by atoms with Crippen molar-refractivity contribution >= 4 is 0 Å². The van der Waals surface area contributed by atoms with Crippen molar-refractivity contribution in [2.24, 2.45) is 5.41 Å². The monoisotopic (exact) mass is 280 g/mol. The quantitative estimate of drug-likeness (QED) is 0.787. The van der Waals surface area contributed by atoms with Crippen molar-refractivity contribution < 1.29 is 4.74 Å². The molecule has 1 aliphatic carbocycles. The fourth-order valence-corrected chi connectivity index (χ4v) is 4.77. The minimum atomic E-state index is 0.324. The molecule has 2 saturated heterocycles. The summed E-state index contributed by atoms with van der Waals surface area (Å²) in [7, 11) is 0. The van der Waals surface area contributed by atoms with Crippen LogP contribution in [0.15, 0.2) is 0 Å². The molecule has 0 radical (unpaired) electrons. The molecule has 3 nitrogen and oxygen atoms in total. The molecule has 0 aromatic heterocycles. The van der Waals surface area contributed by atoms with Crippen LogP contribution in [0.3, 0.4) is 0 Å². The Kier molecular flexibility index (Phi) is 4.13. The maximum Gasteiger partial charge on any atom is 0.0655 e. The van der Waals surface area contributed by atoms with Crippen molar-refractivity contribution in [2.45, 2.75) is 77.6 Å². The fourth-order valence-electron chi connectivity index (χ4n) is 4.77. The summed E-state index contributed by atoms with van der Waals surface area (Å²) in [6.45, 7) is 14.1. The molecule has 116 valence electrons. The topological polar surface area (TPSA) is 15.7 Å². The van der Waals surface area contributed by atoms with Crippen LogP contribution in [-0.4, -0.2) is 60.3 Å². The Morgan fingerprint density at radius 1 is 1.20 bits per heavy atom. The summed E-state index contributed by atoms with van der Waals surface area (Å²) in [6.07, 6.45) is 5.82. The summed E-state index contributed by atoms with van der Waals surface area (Å²) < 4.78 is 5.93. The van der Waals surface area contributed by atoms with Gasteiger partial charge in [0.2, 0.25) is 0 Å². The van der Waals surface area contributed by atoms with Gasteiger partial charge in [0.05, 0.1) is 6.10 Å². The molecule has 3 heteroatoms. The van der Waals surface area contributed by atoms with Gasteiger partial charge in [-0.2, -0.15) is 0 Å². The maximum absolute atomic E-state index is 5.93. The van der Waals surface area contributed by atoms with Gasteiger partial charge in [-0.3, -0.25) is 9.80 Å². The molecule has 0 bridgehead atoms. The summed E-state index contributed by atoms with van der Waals surface area (Å²) in [4.78, 5) is 5.60. The van der Waals surface area contributed by atoms with E-state index in [1.54, 1.807) is 0 Å². The molecule has 3 aliphatic rings.